The number of rotatable bonds is 2. The minimum absolute atomic E-state index is 0.109. The number of likely N-dealkylation sites (tertiary alicyclic amines) is 1. The molecule has 5 nitrogen and oxygen atoms in total. The van der Waals surface area contributed by atoms with Gasteiger partial charge in [-0.1, -0.05) is 6.07 Å². The van der Waals surface area contributed by atoms with E-state index in [9.17, 15) is 4.79 Å². The zero-order chi connectivity index (χ0) is 16.7. The lowest BCUT2D eigenvalue weighted by atomic mass is 10.0. The molecule has 1 atom stereocenters. The number of nitrogens with zero attached hydrogens (tertiary/aromatic N) is 3. The van der Waals surface area contributed by atoms with Gasteiger partial charge in [0.1, 0.15) is 0 Å². The Hall–Kier alpha value is -2.56. The van der Waals surface area contributed by atoms with Gasteiger partial charge in [0.25, 0.3) is 5.91 Å². The summed E-state index contributed by atoms with van der Waals surface area (Å²) in [6, 6.07) is 10.3. The van der Waals surface area contributed by atoms with Crippen LogP contribution in [0.3, 0.4) is 0 Å². The fourth-order valence-corrected chi connectivity index (χ4v) is 3.72. The molecule has 1 aromatic carbocycles. The average molecular weight is 322 g/mol. The quantitative estimate of drug-likeness (QED) is 0.785. The molecule has 1 amide bonds. The van der Waals surface area contributed by atoms with Crippen LogP contribution in [0.2, 0.25) is 0 Å². The van der Waals surface area contributed by atoms with Crippen molar-refractivity contribution in [2.45, 2.75) is 32.7 Å². The first kappa shape index (κ1) is 15.0. The molecule has 1 aliphatic rings. The summed E-state index contributed by atoms with van der Waals surface area (Å²) in [6.45, 7) is 5.64. The van der Waals surface area contributed by atoms with Crippen molar-refractivity contribution >= 4 is 16.8 Å². The third kappa shape index (κ3) is 2.60. The maximum atomic E-state index is 12.9. The molecule has 1 aliphatic heterocycles. The Morgan fingerprint density at radius 3 is 2.92 bits per heavy atom. The van der Waals surface area contributed by atoms with Gasteiger partial charge in [0.2, 0.25) is 0 Å². The molecule has 24 heavy (non-hydrogen) atoms. The molecule has 2 aromatic heterocycles. The fourth-order valence-electron chi connectivity index (χ4n) is 3.72. The molecule has 1 N–H and O–H groups in total. The molecule has 3 aromatic rings. The zero-order valence-electron chi connectivity index (χ0n) is 14.1. The Kier molecular flexibility index (Phi) is 3.63. The van der Waals surface area contributed by atoms with E-state index in [-0.39, 0.29) is 11.9 Å². The maximum absolute atomic E-state index is 12.9. The highest BCUT2D eigenvalue weighted by molar-refractivity contribution is 5.98. The fraction of sp³-hybridized carbons (Fsp3) is 0.368. The van der Waals surface area contributed by atoms with Gasteiger partial charge in [-0.15, -0.1) is 0 Å². The largest absolute Gasteiger partial charge is 0.361 e. The van der Waals surface area contributed by atoms with Crippen LogP contribution in [0.1, 0.15) is 40.6 Å². The Morgan fingerprint density at radius 2 is 2.12 bits per heavy atom. The predicted octanol–water partition coefficient (Wildman–Crippen LogP) is 3.46. The number of aromatic nitrogens is 3. The monoisotopic (exact) mass is 322 g/mol. The van der Waals surface area contributed by atoms with Gasteiger partial charge in [-0.25, -0.2) is 0 Å². The Morgan fingerprint density at radius 1 is 1.25 bits per heavy atom. The second kappa shape index (κ2) is 5.82. The molecule has 0 bridgehead atoms. The van der Waals surface area contributed by atoms with Crippen molar-refractivity contribution in [2.24, 2.45) is 0 Å². The van der Waals surface area contributed by atoms with Crippen LogP contribution in [-0.2, 0) is 0 Å². The van der Waals surface area contributed by atoms with Crippen LogP contribution in [-0.4, -0.2) is 38.7 Å². The molecule has 0 saturated carbocycles. The number of nitrogens with one attached hydrogen (secondary N) is 1. The molecule has 0 unspecified atom stereocenters. The van der Waals surface area contributed by atoms with Gasteiger partial charge < -0.3 is 9.88 Å². The van der Waals surface area contributed by atoms with Gasteiger partial charge in [-0.05, 0) is 56.3 Å². The zero-order valence-corrected chi connectivity index (χ0v) is 14.1. The Balaban J connectivity index is 1.56. The molecule has 1 fully saturated rings. The number of hydrogen-bond donors (Lipinski definition) is 1. The van der Waals surface area contributed by atoms with E-state index in [4.69, 9.17) is 0 Å². The Bertz CT molecular complexity index is 892. The molecule has 3 heterocycles. The number of amides is 1. The lowest BCUT2D eigenvalue weighted by Crippen LogP contribution is -2.41. The number of carbonyl (C=O) groups excluding carboxylic acids is 1. The summed E-state index contributed by atoms with van der Waals surface area (Å²) in [7, 11) is 0. The first-order valence-electron chi connectivity index (χ1n) is 8.51. The molecular weight excluding hydrogens is 300 g/mol. The van der Waals surface area contributed by atoms with Gasteiger partial charge in [0.15, 0.2) is 0 Å². The smallest absolute Gasteiger partial charge is 0.254 e. The number of aromatic amines is 1. The molecule has 124 valence electrons. The van der Waals surface area contributed by atoms with E-state index in [0.29, 0.717) is 0 Å². The predicted molar refractivity (Wildman–Crippen MR) is 94.2 cm³/mol. The van der Waals surface area contributed by atoms with Gasteiger partial charge in [-0.3, -0.25) is 9.48 Å². The van der Waals surface area contributed by atoms with E-state index in [1.54, 1.807) is 0 Å². The number of carbonyl (C=O) groups is 1. The van der Waals surface area contributed by atoms with Crippen molar-refractivity contribution < 1.29 is 4.79 Å². The van der Waals surface area contributed by atoms with E-state index >= 15 is 0 Å². The number of aryl methyl sites for hydroxylation is 2. The lowest BCUT2D eigenvalue weighted by molar-refractivity contribution is 0.0671. The summed E-state index contributed by atoms with van der Waals surface area (Å²) in [4.78, 5) is 18.1. The van der Waals surface area contributed by atoms with Crippen molar-refractivity contribution in [2.75, 3.05) is 13.1 Å². The number of piperidine rings is 1. The van der Waals surface area contributed by atoms with Crippen LogP contribution >= 0.6 is 0 Å². The third-order valence-electron chi connectivity index (χ3n) is 4.88. The normalized spacial score (nSPS) is 18.2. The van der Waals surface area contributed by atoms with E-state index in [1.165, 1.54) is 5.69 Å². The summed E-state index contributed by atoms with van der Waals surface area (Å²) in [5.41, 5.74) is 3.96. The van der Waals surface area contributed by atoms with E-state index < -0.39 is 0 Å². The minimum Gasteiger partial charge on any atom is -0.361 e. The summed E-state index contributed by atoms with van der Waals surface area (Å²) in [5.74, 6) is 0.109. The second-order valence-electron chi connectivity index (χ2n) is 6.70. The molecule has 0 aliphatic carbocycles. The van der Waals surface area contributed by atoms with Crippen LogP contribution < -0.4 is 0 Å². The molecule has 5 heteroatoms. The second-order valence-corrected chi connectivity index (χ2v) is 6.70. The lowest BCUT2D eigenvalue weighted by Gasteiger charge is -2.33. The molecule has 0 radical (unpaired) electrons. The maximum Gasteiger partial charge on any atom is 0.254 e. The first-order valence-corrected chi connectivity index (χ1v) is 8.51. The average Bonchev–Trinajstić information content (AvgIpc) is 3.19. The molecular formula is C19H22N4O. The van der Waals surface area contributed by atoms with Gasteiger partial charge >= 0.3 is 0 Å². The van der Waals surface area contributed by atoms with Crippen LogP contribution in [0.15, 0.2) is 36.5 Å². The first-order chi connectivity index (χ1) is 11.6. The number of hydrogen-bond acceptors (Lipinski definition) is 2. The van der Waals surface area contributed by atoms with Gasteiger partial charge in [0, 0.05) is 36.1 Å². The number of H-pyrrole nitrogens is 1. The van der Waals surface area contributed by atoms with Gasteiger partial charge in [0.05, 0.1) is 11.7 Å². The highest BCUT2D eigenvalue weighted by Gasteiger charge is 2.27. The van der Waals surface area contributed by atoms with Crippen LogP contribution in [0.25, 0.3) is 10.9 Å². The molecule has 0 spiro atoms. The van der Waals surface area contributed by atoms with E-state index in [2.05, 4.69) is 27.8 Å². The summed E-state index contributed by atoms with van der Waals surface area (Å²) in [5, 5.41) is 5.74. The van der Waals surface area contributed by atoms with Crippen LogP contribution in [0.5, 0.6) is 0 Å². The van der Waals surface area contributed by atoms with Crippen LogP contribution in [0, 0.1) is 13.8 Å². The summed E-state index contributed by atoms with van der Waals surface area (Å²) < 4.78 is 2.09. The van der Waals surface area contributed by atoms with Crippen molar-refractivity contribution in [1.82, 2.24) is 19.7 Å². The Labute approximate surface area is 141 Å². The van der Waals surface area contributed by atoms with E-state index in [0.717, 1.165) is 48.1 Å². The highest BCUT2D eigenvalue weighted by Crippen LogP contribution is 2.25. The van der Waals surface area contributed by atoms with E-state index in [1.807, 2.05) is 42.3 Å². The van der Waals surface area contributed by atoms with Crippen LogP contribution in [0.4, 0.5) is 0 Å². The molecule has 1 saturated heterocycles. The standard InChI is InChI=1S/C19H22N4O/c1-13-10-14(2)23(21-13)17-4-3-9-22(12-17)19(24)16-6-5-15-7-8-20-18(15)11-16/h5-8,10-11,17,20H,3-4,9,12H2,1-2H3/t17-/m1/s1. The van der Waals surface area contributed by atoms with Crippen molar-refractivity contribution in [3.63, 3.8) is 0 Å². The summed E-state index contributed by atoms with van der Waals surface area (Å²) >= 11 is 0. The molecule has 4 rings (SSSR count). The summed E-state index contributed by atoms with van der Waals surface area (Å²) in [6.07, 6.45) is 3.99. The van der Waals surface area contributed by atoms with Crippen molar-refractivity contribution in [3.8, 4) is 0 Å². The highest BCUT2D eigenvalue weighted by atomic mass is 16.2. The topological polar surface area (TPSA) is 53.9 Å². The van der Waals surface area contributed by atoms with Crippen molar-refractivity contribution in [3.05, 3.63) is 53.5 Å². The minimum atomic E-state index is 0.109. The third-order valence-corrected chi connectivity index (χ3v) is 4.88. The number of fused-ring (bicyclic) bond motifs is 1. The SMILES string of the molecule is Cc1cc(C)n([C@@H]2CCCN(C(=O)c3ccc4cc[nH]c4c3)C2)n1. The number of benzene rings is 1. The van der Waals surface area contributed by atoms with Gasteiger partial charge in [-0.2, -0.15) is 5.10 Å². The van der Waals surface area contributed by atoms with Crippen molar-refractivity contribution in [1.29, 1.82) is 0 Å².